The first-order valence-electron chi connectivity index (χ1n) is 15.3. The molecule has 0 unspecified atom stereocenters. The lowest BCUT2D eigenvalue weighted by molar-refractivity contribution is 0.451. The summed E-state index contributed by atoms with van der Waals surface area (Å²) in [5, 5.41) is 0. The van der Waals surface area contributed by atoms with E-state index in [4.69, 9.17) is 0 Å². The predicted molar refractivity (Wildman–Crippen MR) is 158 cm³/mol. The third kappa shape index (κ3) is 8.36. The zero-order valence-electron chi connectivity index (χ0n) is 23.6. The standard InChI is InChI=1S/C33H58P/c1-28(2)16-14-17-29(3)18-15-19-30(4)26-27-34(31-20-8-5-9-21-31,32-22-10-6-11-23-32)33-24-12-7-13-25-33/h16,18,26,31-33H,5-15,17,19-25,27H2,1-4H3/q+1. The topological polar surface area (TPSA) is 0 Å². The normalized spacial score (nSPS) is 22.7. The minimum atomic E-state index is -0.950. The van der Waals surface area contributed by atoms with Crippen molar-refractivity contribution in [3.63, 3.8) is 0 Å². The maximum atomic E-state index is 2.82. The van der Waals surface area contributed by atoms with Crippen molar-refractivity contribution in [1.82, 2.24) is 0 Å². The summed E-state index contributed by atoms with van der Waals surface area (Å²) in [6, 6.07) is 0. The van der Waals surface area contributed by atoms with E-state index in [9.17, 15) is 0 Å². The van der Waals surface area contributed by atoms with E-state index < -0.39 is 7.26 Å². The average molecular weight is 486 g/mol. The lowest BCUT2D eigenvalue weighted by atomic mass is 9.99. The molecule has 0 atom stereocenters. The summed E-state index contributed by atoms with van der Waals surface area (Å²) in [6.07, 6.45) is 37.4. The summed E-state index contributed by atoms with van der Waals surface area (Å²) in [6.45, 7) is 9.22. The van der Waals surface area contributed by atoms with Gasteiger partial charge in [-0.1, -0.05) is 48.1 Å². The highest BCUT2D eigenvalue weighted by Gasteiger charge is 2.56. The minimum absolute atomic E-state index is 0.950. The van der Waals surface area contributed by atoms with Crippen molar-refractivity contribution in [2.24, 2.45) is 0 Å². The van der Waals surface area contributed by atoms with Crippen LogP contribution in [0, 0.1) is 0 Å². The molecule has 0 N–H and O–H groups in total. The van der Waals surface area contributed by atoms with E-state index in [1.165, 1.54) is 95.2 Å². The van der Waals surface area contributed by atoms with Gasteiger partial charge in [0, 0.05) is 7.26 Å². The molecule has 3 aliphatic rings. The second-order valence-electron chi connectivity index (χ2n) is 12.5. The Kier molecular flexibility index (Phi) is 12.5. The molecular weight excluding hydrogens is 427 g/mol. The quantitative estimate of drug-likeness (QED) is 0.202. The summed E-state index contributed by atoms with van der Waals surface area (Å²) in [7, 11) is -0.950. The second kappa shape index (κ2) is 15.0. The first-order valence-corrected chi connectivity index (χ1v) is 17.5. The van der Waals surface area contributed by atoms with E-state index in [1.54, 1.807) is 49.7 Å². The molecule has 0 radical (unpaired) electrons. The predicted octanol–water partition coefficient (Wildman–Crippen LogP) is 11.4. The van der Waals surface area contributed by atoms with Crippen molar-refractivity contribution in [1.29, 1.82) is 0 Å². The van der Waals surface area contributed by atoms with Gasteiger partial charge in [0.05, 0.1) is 23.1 Å². The molecule has 3 fully saturated rings. The van der Waals surface area contributed by atoms with Gasteiger partial charge in [-0.05, 0) is 137 Å². The van der Waals surface area contributed by atoms with Crippen molar-refractivity contribution in [3.05, 3.63) is 34.9 Å². The van der Waals surface area contributed by atoms with E-state index in [1.807, 2.05) is 0 Å². The van der Waals surface area contributed by atoms with Gasteiger partial charge in [-0.15, -0.1) is 0 Å². The Hall–Kier alpha value is -0.350. The molecule has 0 aromatic heterocycles. The summed E-state index contributed by atoms with van der Waals surface area (Å²) in [5.41, 5.74) is 8.09. The van der Waals surface area contributed by atoms with Gasteiger partial charge < -0.3 is 0 Å². The number of hydrogen-bond donors (Lipinski definition) is 0. The third-order valence-corrected chi connectivity index (χ3v) is 16.1. The van der Waals surface area contributed by atoms with Crippen molar-refractivity contribution in [3.8, 4) is 0 Å². The molecule has 1 heteroatoms. The fourth-order valence-corrected chi connectivity index (χ4v) is 15.0. The van der Waals surface area contributed by atoms with Gasteiger partial charge in [0.25, 0.3) is 0 Å². The SMILES string of the molecule is CC(C)=CCCC(C)=CCCC(C)=CC[P+](C1CCCCC1)(C1CCCCC1)C1CCCCC1. The van der Waals surface area contributed by atoms with E-state index in [2.05, 4.69) is 45.9 Å². The van der Waals surface area contributed by atoms with Crippen LogP contribution in [0.1, 0.15) is 150 Å². The maximum absolute atomic E-state index is 2.82. The summed E-state index contributed by atoms with van der Waals surface area (Å²) < 4.78 is 0. The van der Waals surface area contributed by atoms with Crippen LogP contribution < -0.4 is 0 Å². The van der Waals surface area contributed by atoms with Crippen LogP contribution in [0.25, 0.3) is 0 Å². The zero-order valence-corrected chi connectivity index (χ0v) is 24.4. The second-order valence-corrected chi connectivity index (χ2v) is 17.1. The third-order valence-electron chi connectivity index (χ3n) is 9.64. The van der Waals surface area contributed by atoms with E-state index >= 15 is 0 Å². The van der Waals surface area contributed by atoms with Gasteiger partial charge in [-0.2, -0.15) is 0 Å². The first-order chi connectivity index (χ1) is 16.5. The smallest absolute Gasteiger partial charge is 0.0784 e. The number of allylic oxidation sites excluding steroid dienone is 6. The largest absolute Gasteiger partial charge is 0.0856 e. The molecule has 3 rings (SSSR count). The highest BCUT2D eigenvalue weighted by Crippen LogP contribution is 2.77. The van der Waals surface area contributed by atoms with Crippen LogP contribution in [-0.4, -0.2) is 23.1 Å². The fourth-order valence-electron chi connectivity index (χ4n) is 7.68. The van der Waals surface area contributed by atoms with Crippen LogP contribution in [-0.2, 0) is 0 Å². The molecule has 0 amide bonds. The minimum Gasteiger partial charge on any atom is -0.0856 e. The molecule has 0 aromatic rings. The van der Waals surface area contributed by atoms with E-state index in [-0.39, 0.29) is 0 Å². The fraction of sp³-hybridized carbons (Fsp3) is 0.818. The first kappa shape index (κ1) is 28.2. The summed E-state index contributed by atoms with van der Waals surface area (Å²) in [5.74, 6) is 0. The molecular formula is C33H58P+. The Bertz CT molecular complexity index is 613. The maximum Gasteiger partial charge on any atom is 0.0784 e. The molecule has 0 aliphatic heterocycles. The van der Waals surface area contributed by atoms with Crippen LogP contribution in [0.4, 0.5) is 0 Å². The van der Waals surface area contributed by atoms with Crippen LogP contribution in [0.2, 0.25) is 0 Å². The lowest BCUT2D eigenvalue weighted by Crippen LogP contribution is -2.37. The molecule has 0 nitrogen and oxygen atoms in total. The van der Waals surface area contributed by atoms with Crippen LogP contribution >= 0.6 is 7.26 Å². The van der Waals surface area contributed by atoms with E-state index in [0.29, 0.717) is 0 Å². The Morgan fingerprint density at radius 3 is 1.32 bits per heavy atom. The number of rotatable bonds is 11. The summed E-state index contributed by atoms with van der Waals surface area (Å²) in [4.78, 5) is 0. The molecule has 0 saturated heterocycles. The van der Waals surface area contributed by atoms with Crippen LogP contribution in [0.5, 0.6) is 0 Å². The molecule has 3 aliphatic carbocycles. The highest BCUT2D eigenvalue weighted by atomic mass is 31.2. The van der Waals surface area contributed by atoms with Crippen LogP contribution in [0.15, 0.2) is 34.9 Å². The molecule has 0 spiro atoms. The van der Waals surface area contributed by atoms with Crippen molar-refractivity contribution < 1.29 is 0 Å². The molecule has 194 valence electrons. The van der Waals surface area contributed by atoms with Gasteiger partial charge in [0.15, 0.2) is 0 Å². The molecule has 34 heavy (non-hydrogen) atoms. The van der Waals surface area contributed by atoms with Crippen molar-refractivity contribution in [2.75, 3.05) is 6.16 Å². The molecule has 0 heterocycles. The lowest BCUT2D eigenvalue weighted by Gasteiger charge is -2.48. The Balaban J connectivity index is 1.71. The number of hydrogen-bond acceptors (Lipinski definition) is 0. The van der Waals surface area contributed by atoms with Crippen molar-refractivity contribution >= 4 is 7.26 Å². The van der Waals surface area contributed by atoms with Gasteiger partial charge in [0.1, 0.15) is 0 Å². The Morgan fingerprint density at radius 2 is 0.912 bits per heavy atom. The molecule has 0 aromatic carbocycles. The van der Waals surface area contributed by atoms with Crippen LogP contribution in [0.3, 0.4) is 0 Å². The van der Waals surface area contributed by atoms with Gasteiger partial charge >= 0.3 is 0 Å². The molecule has 3 saturated carbocycles. The Morgan fingerprint density at radius 1 is 0.529 bits per heavy atom. The highest BCUT2D eigenvalue weighted by molar-refractivity contribution is 7.78. The van der Waals surface area contributed by atoms with Gasteiger partial charge in [-0.25, -0.2) is 0 Å². The monoisotopic (exact) mass is 485 g/mol. The van der Waals surface area contributed by atoms with Gasteiger partial charge in [0.2, 0.25) is 0 Å². The zero-order chi connectivity index (χ0) is 24.2. The average Bonchev–Trinajstić information content (AvgIpc) is 2.86. The van der Waals surface area contributed by atoms with Gasteiger partial charge in [-0.3, -0.25) is 0 Å². The van der Waals surface area contributed by atoms with E-state index in [0.717, 1.165) is 17.0 Å². The Labute approximate surface area is 214 Å². The summed E-state index contributed by atoms with van der Waals surface area (Å²) >= 11 is 0. The van der Waals surface area contributed by atoms with Crippen molar-refractivity contribution in [2.45, 2.75) is 167 Å². The molecule has 0 bridgehead atoms.